The topological polar surface area (TPSA) is 162 Å². The molecular weight excluding hydrogens is 709 g/mol. The van der Waals surface area contributed by atoms with E-state index >= 15 is 0 Å². The lowest BCUT2D eigenvalue weighted by molar-refractivity contribution is -0.180. The fourth-order valence-electron chi connectivity index (χ4n) is 6.99. The number of Topliss-reactive ketones (excluding diaryl/α,β-unsaturated/α-hetero) is 1. The second-order valence-corrected chi connectivity index (χ2v) is 23.2. The highest BCUT2D eigenvalue weighted by atomic mass is 28.3. The highest BCUT2D eigenvalue weighted by Gasteiger charge is 2.54. The van der Waals surface area contributed by atoms with Gasteiger partial charge in [0.25, 0.3) is 0 Å². The summed E-state index contributed by atoms with van der Waals surface area (Å²) in [6, 6.07) is 3.99. The number of anilines is 1. The third-order valence-electron chi connectivity index (χ3n) is 10.6. The Morgan fingerprint density at radius 1 is 0.981 bits per heavy atom. The van der Waals surface area contributed by atoms with Gasteiger partial charge in [-0.3, -0.25) is 14.9 Å². The molecule has 0 fully saturated rings. The molecule has 1 aromatic rings. The van der Waals surface area contributed by atoms with Crippen molar-refractivity contribution in [3.8, 4) is 0 Å². The van der Waals surface area contributed by atoms with Gasteiger partial charge in [0.1, 0.15) is 29.3 Å². The quantitative estimate of drug-likeness (QED) is 0.115. The van der Waals surface area contributed by atoms with E-state index in [4.69, 9.17) is 18.9 Å². The van der Waals surface area contributed by atoms with Crippen molar-refractivity contribution < 1.29 is 42.9 Å². The lowest BCUT2D eigenvalue weighted by Gasteiger charge is -2.41. The summed E-state index contributed by atoms with van der Waals surface area (Å²) in [4.78, 5) is 68.0. The van der Waals surface area contributed by atoms with Crippen molar-refractivity contribution in [1.82, 2.24) is 15.5 Å². The molecule has 0 spiro atoms. The summed E-state index contributed by atoms with van der Waals surface area (Å²) in [5.41, 5.74) is 1.36. The van der Waals surface area contributed by atoms with Gasteiger partial charge in [-0.15, -0.1) is 0 Å². The molecule has 14 heteroatoms. The minimum atomic E-state index is -2.21. The molecule has 54 heavy (non-hydrogen) atoms. The van der Waals surface area contributed by atoms with E-state index < -0.39 is 49.0 Å². The van der Waals surface area contributed by atoms with Gasteiger partial charge in [0.2, 0.25) is 11.4 Å². The van der Waals surface area contributed by atoms with Gasteiger partial charge in [-0.05, 0) is 88.8 Å². The fourth-order valence-corrected chi connectivity index (χ4v) is 9.29. The molecular formula is C40H56N4O9Si. The number of allylic oxidation sites excluding steroid dienone is 2. The molecule has 3 N–H and O–H groups in total. The molecule has 0 radical (unpaired) electrons. The molecule has 0 bridgehead atoms. The third kappa shape index (κ3) is 8.08. The number of esters is 2. The number of carbonyl (C=O) groups excluding carboxylic acids is 5. The Kier molecular flexibility index (Phi) is 10.7. The molecule has 2 amide bonds. The first kappa shape index (κ1) is 40.6. The predicted molar refractivity (Wildman–Crippen MR) is 207 cm³/mol. The first-order chi connectivity index (χ1) is 24.9. The zero-order valence-corrected chi connectivity index (χ0v) is 34.8. The Hall–Kier alpha value is -4.59. The lowest BCUT2D eigenvalue weighted by atomic mass is 9.78. The number of ether oxygens (including phenoxy) is 4. The van der Waals surface area contributed by atoms with Crippen molar-refractivity contribution in [2.24, 2.45) is 0 Å². The SMILES string of the molecule is CCC1(OC(=O)CCCNC(=O)OC(C)(C)C)C(=O)OCC2=C1CC1=C(C2=O)N2Cc3c(cc(NC(=O)OC(C)(C)C)cc3[Si](C)(C)C(C)(C)C)C=C2N1. The Labute approximate surface area is 319 Å². The zero-order valence-electron chi connectivity index (χ0n) is 33.8. The van der Waals surface area contributed by atoms with Crippen molar-refractivity contribution in [3.63, 3.8) is 0 Å². The third-order valence-corrected chi connectivity index (χ3v) is 16.1. The average molecular weight is 765 g/mol. The number of benzene rings is 1. The zero-order chi connectivity index (χ0) is 40.2. The number of nitrogens with zero attached hydrogens (tertiary/aromatic N) is 1. The summed E-state index contributed by atoms with van der Waals surface area (Å²) in [6.07, 6.45) is 1.28. The Morgan fingerprint density at radius 2 is 1.63 bits per heavy atom. The lowest BCUT2D eigenvalue weighted by Crippen LogP contribution is -2.52. The van der Waals surface area contributed by atoms with E-state index in [1.54, 1.807) is 27.7 Å². The van der Waals surface area contributed by atoms with Gasteiger partial charge >= 0.3 is 24.1 Å². The van der Waals surface area contributed by atoms with Crippen molar-refractivity contribution in [1.29, 1.82) is 0 Å². The fraction of sp³-hybridized carbons (Fsp3) is 0.575. The van der Waals surface area contributed by atoms with E-state index in [-0.39, 0.29) is 49.7 Å². The number of hydrogen-bond donors (Lipinski definition) is 3. The smallest absolute Gasteiger partial charge is 0.412 e. The maximum atomic E-state index is 14.4. The number of hydrogen-bond acceptors (Lipinski definition) is 11. The first-order valence-corrected chi connectivity index (χ1v) is 21.7. The van der Waals surface area contributed by atoms with Crippen LogP contribution in [0.25, 0.3) is 6.08 Å². The average Bonchev–Trinajstić information content (AvgIpc) is 3.38. The minimum absolute atomic E-state index is 0.0368. The number of amides is 2. The van der Waals surface area contributed by atoms with E-state index in [9.17, 15) is 24.0 Å². The largest absolute Gasteiger partial charge is 0.457 e. The van der Waals surface area contributed by atoms with Gasteiger partial charge in [0.05, 0.1) is 14.6 Å². The summed E-state index contributed by atoms with van der Waals surface area (Å²) in [5, 5.41) is 10.1. The van der Waals surface area contributed by atoms with Crippen LogP contribution in [0.4, 0.5) is 15.3 Å². The van der Waals surface area contributed by atoms with Crippen molar-refractivity contribution >= 4 is 54.9 Å². The Bertz CT molecular complexity index is 1870. The highest BCUT2D eigenvalue weighted by Crippen LogP contribution is 2.47. The van der Waals surface area contributed by atoms with Gasteiger partial charge in [0, 0.05) is 41.9 Å². The monoisotopic (exact) mass is 764 g/mol. The summed E-state index contributed by atoms with van der Waals surface area (Å²) < 4.78 is 22.3. The summed E-state index contributed by atoms with van der Waals surface area (Å²) >= 11 is 0. The number of carbonyl (C=O) groups is 5. The van der Waals surface area contributed by atoms with Gasteiger partial charge in [-0.25, -0.2) is 14.4 Å². The van der Waals surface area contributed by atoms with E-state index in [0.717, 1.165) is 16.3 Å². The molecule has 13 nitrogen and oxygen atoms in total. The molecule has 3 aliphatic heterocycles. The summed E-state index contributed by atoms with van der Waals surface area (Å²) in [6.45, 7) is 24.1. The molecule has 1 aliphatic carbocycles. The van der Waals surface area contributed by atoms with Gasteiger partial charge in [-0.2, -0.15) is 0 Å². The number of ketones is 1. The van der Waals surface area contributed by atoms with Crippen LogP contribution in [0.1, 0.15) is 106 Å². The number of fused-ring (bicyclic) bond motifs is 3. The molecule has 1 atom stereocenters. The molecule has 294 valence electrons. The summed E-state index contributed by atoms with van der Waals surface area (Å²) in [7, 11) is -2.21. The van der Waals surface area contributed by atoms with Crippen molar-refractivity contribution in [3.05, 3.63) is 51.6 Å². The highest BCUT2D eigenvalue weighted by molar-refractivity contribution is 6.92. The second kappa shape index (κ2) is 14.2. The van der Waals surface area contributed by atoms with E-state index in [0.29, 0.717) is 40.6 Å². The van der Waals surface area contributed by atoms with Crippen molar-refractivity contribution in [2.45, 2.75) is 136 Å². The molecule has 1 unspecified atom stereocenters. The summed E-state index contributed by atoms with van der Waals surface area (Å²) in [5.74, 6) is -0.956. The van der Waals surface area contributed by atoms with E-state index in [1.165, 1.54) is 0 Å². The van der Waals surface area contributed by atoms with Crippen LogP contribution in [-0.2, 0) is 39.9 Å². The minimum Gasteiger partial charge on any atom is -0.457 e. The normalized spacial score (nSPS) is 19.8. The Morgan fingerprint density at radius 3 is 2.24 bits per heavy atom. The van der Waals surface area contributed by atoms with Crippen LogP contribution in [0.5, 0.6) is 0 Å². The number of nitrogens with one attached hydrogen (secondary N) is 3. The first-order valence-electron chi connectivity index (χ1n) is 18.7. The van der Waals surface area contributed by atoms with E-state index in [1.807, 2.05) is 37.8 Å². The number of cyclic esters (lactones) is 1. The standard InChI is InChI=1S/C40H56N4O9Si/c1-13-40(51-31(45)15-14-16-41-35(48)52-37(2,3)4)27-20-28-32(33(46)26(27)22-50-34(40)47)44-21-25-23(18-30(44)43-28)17-24(42-36(49)53-38(5,6)7)19-29(25)54(11,12)39(8,9)10/h17-19,43H,13-16,20-22H2,1-12H3,(H,41,48)(H,42,49). The van der Waals surface area contributed by atoms with Crippen LogP contribution in [0.15, 0.2) is 40.5 Å². The van der Waals surface area contributed by atoms with Crippen LogP contribution < -0.4 is 21.1 Å². The van der Waals surface area contributed by atoms with Crippen LogP contribution in [0.3, 0.4) is 0 Å². The molecule has 0 saturated carbocycles. The second-order valence-electron chi connectivity index (χ2n) is 17.9. The molecule has 5 rings (SSSR count). The maximum Gasteiger partial charge on any atom is 0.412 e. The predicted octanol–water partition coefficient (Wildman–Crippen LogP) is 6.50. The molecule has 0 saturated heterocycles. The maximum absolute atomic E-state index is 14.4. The number of alkyl carbamates (subject to hydrolysis) is 1. The van der Waals surface area contributed by atoms with Crippen LogP contribution in [0.2, 0.25) is 18.1 Å². The van der Waals surface area contributed by atoms with Gasteiger partial charge < -0.3 is 34.5 Å². The van der Waals surface area contributed by atoms with Gasteiger partial charge in [0.15, 0.2) is 0 Å². The molecule has 1 aromatic carbocycles. The molecule has 0 aromatic heterocycles. The molecule has 4 aliphatic rings. The van der Waals surface area contributed by atoms with Crippen LogP contribution >= 0.6 is 0 Å². The molecule has 3 heterocycles. The Balaban J connectivity index is 1.41. The van der Waals surface area contributed by atoms with Crippen LogP contribution in [0, 0.1) is 0 Å². The van der Waals surface area contributed by atoms with Crippen molar-refractivity contribution in [2.75, 3.05) is 18.5 Å². The van der Waals surface area contributed by atoms with E-state index in [2.05, 4.69) is 55.9 Å². The van der Waals surface area contributed by atoms with Crippen LogP contribution in [-0.4, -0.2) is 72.8 Å². The number of rotatable bonds is 8. The van der Waals surface area contributed by atoms with Gasteiger partial charge in [-0.1, -0.05) is 46.0 Å².